The Morgan fingerprint density at radius 1 is 1.20 bits per heavy atom. The summed E-state index contributed by atoms with van der Waals surface area (Å²) in [5.74, 6) is 1.66. The van der Waals surface area contributed by atoms with Crippen molar-refractivity contribution in [2.24, 2.45) is 5.92 Å². The van der Waals surface area contributed by atoms with Crippen molar-refractivity contribution >= 4 is 42.8 Å². The van der Waals surface area contributed by atoms with E-state index >= 15 is 0 Å². The molecule has 0 spiro atoms. The Balaban J connectivity index is 1.85. The van der Waals surface area contributed by atoms with Crippen LogP contribution in [0.3, 0.4) is 0 Å². The lowest BCUT2D eigenvalue weighted by Gasteiger charge is -2.37. The van der Waals surface area contributed by atoms with Gasteiger partial charge in [0.1, 0.15) is 0 Å². The van der Waals surface area contributed by atoms with Crippen LogP contribution in [0, 0.1) is 5.92 Å². The maximum Gasteiger partial charge on any atom is 0.310 e. The molecule has 2 rings (SSSR count). The van der Waals surface area contributed by atoms with Gasteiger partial charge in [0.25, 0.3) is 0 Å². The molecule has 1 aliphatic rings. The number of esters is 1. The molecule has 2 unspecified atom stereocenters. The zero-order valence-corrected chi connectivity index (χ0v) is 20.5. The van der Waals surface area contributed by atoms with Crippen LogP contribution in [0.5, 0.6) is 0 Å². The molecule has 0 aromatic heterocycles. The van der Waals surface area contributed by atoms with E-state index in [9.17, 15) is 4.79 Å². The van der Waals surface area contributed by atoms with E-state index in [1.807, 2.05) is 24.3 Å². The van der Waals surface area contributed by atoms with E-state index in [4.69, 9.17) is 16.3 Å². The third kappa shape index (κ3) is 8.60. The first-order valence-electron chi connectivity index (χ1n) is 10.8. The molecular formula is C22H36ClN3O2S2. The Morgan fingerprint density at radius 3 is 2.63 bits per heavy atom. The summed E-state index contributed by atoms with van der Waals surface area (Å²) in [5, 5.41) is 4.12. The molecule has 1 fully saturated rings. The van der Waals surface area contributed by atoms with E-state index < -0.39 is 0 Å². The van der Waals surface area contributed by atoms with Crippen LogP contribution in [0.2, 0.25) is 5.02 Å². The highest BCUT2D eigenvalue weighted by Gasteiger charge is 2.35. The maximum absolute atomic E-state index is 12.5. The number of ether oxygens (including phenoxy) is 1. The van der Waals surface area contributed by atoms with Gasteiger partial charge >= 0.3 is 5.97 Å². The Morgan fingerprint density at radius 2 is 1.97 bits per heavy atom. The number of hydrogen-bond acceptors (Lipinski definition) is 7. The van der Waals surface area contributed by atoms with Crippen molar-refractivity contribution in [2.45, 2.75) is 18.8 Å². The van der Waals surface area contributed by atoms with Gasteiger partial charge in [-0.3, -0.25) is 4.79 Å². The average Bonchev–Trinajstić information content (AvgIpc) is 2.76. The minimum atomic E-state index is -0.135. The summed E-state index contributed by atoms with van der Waals surface area (Å²) in [4.78, 5) is 17.4. The van der Waals surface area contributed by atoms with Crippen LogP contribution in [0.1, 0.15) is 24.3 Å². The van der Waals surface area contributed by atoms with E-state index in [1.54, 1.807) is 0 Å². The smallest absolute Gasteiger partial charge is 0.310 e. The number of nitrogens with zero attached hydrogens (tertiary/aromatic N) is 2. The van der Waals surface area contributed by atoms with Crippen molar-refractivity contribution < 1.29 is 9.53 Å². The number of thiol groups is 2. The summed E-state index contributed by atoms with van der Waals surface area (Å²) >= 11 is 14.7. The fourth-order valence-corrected chi connectivity index (χ4v) is 4.72. The molecule has 5 nitrogen and oxygen atoms in total. The second-order valence-corrected chi connectivity index (χ2v) is 9.10. The van der Waals surface area contributed by atoms with Gasteiger partial charge in [-0.15, -0.1) is 0 Å². The molecule has 0 amide bonds. The van der Waals surface area contributed by atoms with Gasteiger partial charge in [-0.05, 0) is 56.1 Å². The zero-order valence-electron chi connectivity index (χ0n) is 17.9. The predicted molar refractivity (Wildman–Crippen MR) is 132 cm³/mol. The summed E-state index contributed by atoms with van der Waals surface area (Å²) in [7, 11) is 1.48. The van der Waals surface area contributed by atoms with Crippen LogP contribution in [0.25, 0.3) is 0 Å². The molecule has 1 aromatic rings. The van der Waals surface area contributed by atoms with Gasteiger partial charge in [0.15, 0.2) is 0 Å². The lowest BCUT2D eigenvalue weighted by atomic mass is 9.80. The second-order valence-electron chi connectivity index (χ2n) is 7.77. The molecule has 0 radical (unpaired) electrons. The van der Waals surface area contributed by atoms with Crippen molar-refractivity contribution in [3.63, 3.8) is 0 Å². The molecule has 170 valence electrons. The SMILES string of the molecule is COC(=O)C1CN(CCCN(CCS)CCNCCS)CCC1c1ccc(Cl)cc1. The molecule has 1 aromatic carbocycles. The van der Waals surface area contributed by atoms with E-state index in [2.05, 4.69) is 40.4 Å². The first-order valence-corrected chi connectivity index (χ1v) is 12.4. The number of likely N-dealkylation sites (tertiary alicyclic amines) is 1. The van der Waals surface area contributed by atoms with Crippen molar-refractivity contribution in [1.82, 2.24) is 15.1 Å². The Bertz CT molecular complexity index is 621. The van der Waals surface area contributed by atoms with Crippen molar-refractivity contribution in [3.8, 4) is 0 Å². The fraction of sp³-hybridized carbons (Fsp3) is 0.682. The summed E-state index contributed by atoms with van der Waals surface area (Å²) in [6.45, 7) is 7.72. The molecule has 8 heteroatoms. The minimum Gasteiger partial charge on any atom is -0.469 e. The molecule has 0 saturated carbocycles. The number of benzene rings is 1. The Hall–Kier alpha value is -0.440. The number of rotatable bonds is 13. The van der Waals surface area contributed by atoms with Crippen LogP contribution in [-0.2, 0) is 9.53 Å². The molecule has 1 heterocycles. The van der Waals surface area contributed by atoms with Gasteiger partial charge in [-0.1, -0.05) is 23.7 Å². The highest BCUT2D eigenvalue weighted by atomic mass is 35.5. The molecule has 0 aliphatic carbocycles. The van der Waals surface area contributed by atoms with Crippen molar-refractivity contribution in [1.29, 1.82) is 0 Å². The molecule has 2 atom stereocenters. The summed E-state index contributed by atoms with van der Waals surface area (Å²) in [6.07, 6.45) is 2.04. The third-order valence-corrected chi connectivity index (χ3v) is 6.43. The summed E-state index contributed by atoms with van der Waals surface area (Å²) in [6, 6.07) is 7.88. The zero-order chi connectivity index (χ0) is 21.8. The number of piperidine rings is 1. The highest BCUT2D eigenvalue weighted by Crippen LogP contribution is 2.34. The normalized spacial score (nSPS) is 19.9. The molecule has 1 saturated heterocycles. The topological polar surface area (TPSA) is 44.8 Å². The van der Waals surface area contributed by atoms with Crippen molar-refractivity contribution in [3.05, 3.63) is 34.9 Å². The molecule has 0 bridgehead atoms. The highest BCUT2D eigenvalue weighted by molar-refractivity contribution is 7.80. The van der Waals surface area contributed by atoms with Gasteiger partial charge in [0, 0.05) is 49.3 Å². The van der Waals surface area contributed by atoms with Crippen molar-refractivity contribution in [2.75, 3.05) is 71.0 Å². The number of nitrogens with one attached hydrogen (secondary N) is 1. The van der Waals surface area contributed by atoms with Crippen LogP contribution < -0.4 is 5.32 Å². The Kier molecular flexibility index (Phi) is 12.6. The second kappa shape index (κ2) is 14.6. The molecule has 30 heavy (non-hydrogen) atoms. The van der Waals surface area contributed by atoms with Crippen LogP contribution in [0.4, 0.5) is 0 Å². The summed E-state index contributed by atoms with van der Waals surface area (Å²) < 4.78 is 5.13. The van der Waals surface area contributed by atoms with E-state index in [-0.39, 0.29) is 17.8 Å². The lowest BCUT2D eigenvalue weighted by molar-refractivity contribution is -0.148. The van der Waals surface area contributed by atoms with Gasteiger partial charge in [0.2, 0.25) is 0 Å². The molecule has 1 N–H and O–H groups in total. The first-order chi connectivity index (χ1) is 14.6. The van der Waals surface area contributed by atoms with Gasteiger partial charge in [-0.25, -0.2) is 0 Å². The quantitative estimate of drug-likeness (QED) is 0.233. The van der Waals surface area contributed by atoms with Gasteiger partial charge in [-0.2, -0.15) is 25.3 Å². The molecular weight excluding hydrogens is 438 g/mol. The average molecular weight is 474 g/mol. The minimum absolute atomic E-state index is 0.119. The monoisotopic (exact) mass is 473 g/mol. The fourth-order valence-electron chi connectivity index (χ4n) is 4.16. The first kappa shape index (κ1) is 25.8. The van der Waals surface area contributed by atoms with E-state index in [0.29, 0.717) is 0 Å². The summed E-state index contributed by atoms with van der Waals surface area (Å²) in [5.41, 5.74) is 1.17. The van der Waals surface area contributed by atoms with Crippen LogP contribution in [0.15, 0.2) is 24.3 Å². The van der Waals surface area contributed by atoms with Crippen LogP contribution >= 0.6 is 36.9 Å². The number of methoxy groups -OCH3 is 1. The van der Waals surface area contributed by atoms with E-state index in [1.165, 1.54) is 12.7 Å². The number of carbonyl (C=O) groups excluding carboxylic acids is 1. The standard InChI is InChI=1S/C22H36ClN3O2S2/c1-28-22(27)21-17-26(12-7-20(21)18-3-5-19(23)6-4-18)11-2-10-25(14-16-30)13-8-24-9-15-29/h3-6,20-21,24,29-30H,2,7-17H2,1H3. The maximum atomic E-state index is 12.5. The third-order valence-electron chi connectivity index (χ3n) is 5.76. The van der Waals surface area contributed by atoms with Gasteiger partial charge in [0.05, 0.1) is 13.0 Å². The molecule has 1 aliphatic heterocycles. The van der Waals surface area contributed by atoms with Crippen LogP contribution in [-0.4, -0.2) is 86.7 Å². The van der Waals surface area contributed by atoms with Gasteiger partial charge < -0.3 is 19.9 Å². The number of hydrogen-bond donors (Lipinski definition) is 3. The Labute approximate surface area is 197 Å². The predicted octanol–water partition coefficient (Wildman–Crippen LogP) is 3.06. The lowest BCUT2D eigenvalue weighted by Crippen LogP contribution is -2.44. The largest absolute Gasteiger partial charge is 0.469 e. The number of halogens is 1. The van der Waals surface area contributed by atoms with E-state index in [0.717, 1.165) is 81.7 Å². The number of carbonyl (C=O) groups is 1.